The third-order valence-electron chi connectivity index (χ3n) is 0. The predicted octanol–water partition coefficient (Wildman–Crippen LogP) is -0.651. The zero-order chi connectivity index (χ0) is 11.7. The van der Waals surface area contributed by atoms with Crippen molar-refractivity contribution in [1.82, 2.24) is 0 Å². The van der Waals surface area contributed by atoms with Gasteiger partial charge in [-0.2, -0.15) is 0 Å². The molecule has 0 amide bonds. The fourth-order valence-electron chi connectivity index (χ4n) is 0. The van der Waals surface area contributed by atoms with Crippen LogP contribution in [0.1, 0.15) is 0 Å². The molecule has 0 aromatic carbocycles. The maximum atomic E-state index is 8.52. The van der Waals surface area contributed by atoms with Gasteiger partial charge in [0.25, 0.3) is 0 Å². The molecule has 0 aliphatic heterocycles. The Labute approximate surface area is 123 Å². The molecule has 0 aliphatic carbocycles. The van der Waals surface area contributed by atoms with Crippen LogP contribution in [-0.4, -0.2) is 68.7 Å². The minimum Gasteiger partial charge on any atom is -0.759 e. The van der Waals surface area contributed by atoms with Gasteiger partial charge >= 0.3 is 46.1 Å². The summed E-state index contributed by atoms with van der Waals surface area (Å²) >= 11 is -1.72. The fraction of sp³-hybridized carbons (Fsp3) is 0. The second kappa shape index (κ2) is 17.9. The zero-order valence-electron chi connectivity index (χ0n) is 6.58. The number of halogens is 3. The van der Waals surface area contributed by atoms with Crippen LogP contribution in [0.15, 0.2) is 0 Å². The van der Waals surface area contributed by atoms with Gasteiger partial charge in [0.1, 0.15) is 0 Å². The van der Waals surface area contributed by atoms with Gasteiger partial charge in [0, 0.05) is 10.4 Å². The number of nitrogens with zero attached hydrogens (tertiary/aromatic N) is 1. The van der Waals surface area contributed by atoms with Crippen molar-refractivity contribution < 1.29 is 22.6 Å². The summed E-state index contributed by atoms with van der Waals surface area (Å²) in [6, 6.07) is 0. The van der Waals surface area contributed by atoms with E-state index in [1.165, 1.54) is 0 Å². The molecule has 15 heteroatoms. The molecule has 0 aromatic rings. The molecule has 0 unspecified atom stereocenters. The molecular formula is Al3Cl3NO7S+3. The summed E-state index contributed by atoms with van der Waals surface area (Å²) in [5.74, 6) is 0. The smallest absolute Gasteiger partial charge is 0.759 e. The Morgan fingerprint density at radius 1 is 1.00 bits per heavy atom. The Morgan fingerprint density at radius 3 is 1.00 bits per heavy atom. The maximum absolute atomic E-state index is 8.52. The first-order valence-electron chi connectivity index (χ1n) is 1.87. The van der Waals surface area contributed by atoms with Crippen LogP contribution in [0.2, 0.25) is 0 Å². The van der Waals surface area contributed by atoms with Crippen molar-refractivity contribution in [3.05, 3.63) is 15.3 Å². The molecule has 0 spiro atoms. The van der Waals surface area contributed by atoms with Crippen LogP contribution in [-0.2, 0) is 10.4 Å². The van der Waals surface area contributed by atoms with E-state index in [0.717, 1.165) is 0 Å². The number of hydrogen-bond acceptors (Lipinski definition) is 7. The van der Waals surface area contributed by atoms with E-state index in [2.05, 4.69) is 0 Å². The predicted molar refractivity (Wildman–Crippen MR) is 55.7 cm³/mol. The molecular weight excluding hydrogens is 345 g/mol. The summed E-state index contributed by atoms with van der Waals surface area (Å²) in [5.41, 5.74) is 0. The SMILES string of the molecule is O=S(=O)([O-])[O-].O=[N+]([O-])[O-].[Al+3].[Al+3].[Cl][Al]([Cl])[Cl]. The summed E-state index contributed by atoms with van der Waals surface area (Å²) in [4.78, 5) is 8.25. The van der Waals surface area contributed by atoms with Gasteiger partial charge in [-0.25, -0.2) is 30.1 Å². The summed E-state index contributed by atoms with van der Waals surface area (Å²) in [6.07, 6.45) is 0. The van der Waals surface area contributed by atoms with Crippen LogP contribution in [0.25, 0.3) is 0 Å². The molecule has 0 radical (unpaired) electrons. The van der Waals surface area contributed by atoms with Crippen molar-refractivity contribution in [3.63, 3.8) is 0 Å². The Balaban J connectivity index is -0.0000000315. The minimum absolute atomic E-state index is 0. The molecule has 0 aliphatic rings. The number of hydrogen-bond donors (Lipinski definition) is 0. The van der Waals surface area contributed by atoms with Crippen molar-refractivity contribution in [2.24, 2.45) is 0 Å². The molecule has 0 atom stereocenters. The second-order valence-corrected chi connectivity index (χ2v) is 8.13. The molecule has 0 bridgehead atoms. The van der Waals surface area contributed by atoms with E-state index in [9.17, 15) is 0 Å². The molecule has 8 nitrogen and oxygen atoms in total. The molecule has 80 valence electrons. The largest absolute Gasteiger partial charge is 3.00 e. The van der Waals surface area contributed by atoms with Gasteiger partial charge in [0.15, 0.2) is 0 Å². The Morgan fingerprint density at radius 2 is 1.00 bits per heavy atom. The Kier molecular flexibility index (Phi) is 35.8. The Hall–Kier alpha value is 1.54. The van der Waals surface area contributed by atoms with E-state index in [1.807, 2.05) is 0 Å². The summed E-state index contributed by atoms with van der Waals surface area (Å²) in [6.45, 7) is 0. The third kappa shape index (κ3) is 1200. The summed E-state index contributed by atoms with van der Waals surface area (Å²) < 4.78 is 34.1. The van der Waals surface area contributed by atoms with Crippen LogP contribution < -0.4 is 0 Å². The standard InChI is InChI=1S/3Al.3ClH.NO3.H2O4S/c;;;;;;2-1(3)4;1-5(2,3)4/h;;;3*1H;;(H2,1,2,3,4)/q3*+3;;;;-1;/p-5. The van der Waals surface area contributed by atoms with Crippen molar-refractivity contribution in [3.8, 4) is 0 Å². The quantitative estimate of drug-likeness (QED) is 0.186. The molecule has 0 aromatic heterocycles. The zero-order valence-corrected chi connectivity index (χ0v) is 13.1. The van der Waals surface area contributed by atoms with Crippen molar-refractivity contribution in [2.45, 2.75) is 0 Å². The van der Waals surface area contributed by atoms with Crippen LogP contribution in [0.5, 0.6) is 0 Å². The first-order valence-corrected chi connectivity index (χ1v) is 8.44. The summed E-state index contributed by atoms with van der Waals surface area (Å²) in [7, 11) is 9.67. The van der Waals surface area contributed by atoms with Crippen molar-refractivity contribution in [1.29, 1.82) is 0 Å². The molecule has 0 heterocycles. The Bertz CT molecular complexity index is 203. The molecule has 0 rings (SSSR count). The van der Waals surface area contributed by atoms with Gasteiger partial charge in [0.2, 0.25) is 0 Å². The minimum atomic E-state index is -5.17. The monoisotopic (exact) mass is 344 g/mol. The first kappa shape index (κ1) is 30.0. The van der Waals surface area contributed by atoms with E-state index in [-0.39, 0.29) is 34.7 Å². The van der Waals surface area contributed by atoms with Gasteiger partial charge in [-0.1, -0.05) is 0 Å². The molecule has 0 N–H and O–H groups in total. The maximum Gasteiger partial charge on any atom is 3.00 e. The van der Waals surface area contributed by atoms with E-state index in [1.54, 1.807) is 0 Å². The average Bonchev–Trinajstić information content (AvgIpc) is 1.50. The topological polar surface area (TPSA) is 146 Å². The van der Waals surface area contributed by atoms with Gasteiger partial charge in [0.05, 0.1) is 5.09 Å². The second-order valence-electron chi connectivity index (χ2n) is 0.879. The average molecular weight is 345 g/mol. The van der Waals surface area contributed by atoms with Crippen LogP contribution in [0.3, 0.4) is 0 Å². The van der Waals surface area contributed by atoms with Gasteiger partial charge < -0.3 is 24.4 Å². The first-order chi connectivity index (χ1) is 5.46. The molecule has 0 fully saturated rings. The normalized spacial score (nSPS) is 7.27. The molecule has 0 saturated carbocycles. The van der Waals surface area contributed by atoms with E-state index in [0.29, 0.717) is 0 Å². The third-order valence-corrected chi connectivity index (χ3v) is 0. The van der Waals surface area contributed by atoms with E-state index >= 15 is 0 Å². The molecule has 0 saturated heterocycles. The molecule has 15 heavy (non-hydrogen) atoms. The van der Waals surface area contributed by atoms with Crippen LogP contribution in [0, 0.1) is 15.3 Å². The van der Waals surface area contributed by atoms with E-state index < -0.39 is 26.9 Å². The van der Waals surface area contributed by atoms with Crippen LogP contribution in [0.4, 0.5) is 0 Å². The van der Waals surface area contributed by atoms with Gasteiger partial charge in [-0.15, -0.1) is 0 Å². The van der Waals surface area contributed by atoms with Crippen molar-refractivity contribution in [2.75, 3.05) is 0 Å². The number of rotatable bonds is 0. The van der Waals surface area contributed by atoms with Crippen LogP contribution >= 0.6 is 30.1 Å². The summed E-state index contributed by atoms with van der Waals surface area (Å²) in [5, 5.41) is 14.8. The van der Waals surface area contributed by atoms with Gasteiger partial charge in [-0.05, 0) is 0 Å². The van der Waals surface area contributed by atoms with Crippen molar-refractivity contribution >= 4 is 86.7 Å². The van der Waals surface area contributed by atoms with E-state index in [4.69, 9.17) is 63.0 Å². The fourth-order valence-corrected chi connectivity index (χ4v) is 0. The van der Waals surface area contributed by atoms with Gasteiger partial charge in [-0.3, -0.25) is 8.42 Å².